The lowest BCUT2D eigenvalue weighted by molar-refractivity contribution is -0.118. The Morgan fingerprint density at radius 1 is 0.917 bits per heavy atom. The summed E-state index contributed by atoms with van der Waals surface area (Å²) in [6, 6.07) is 19.5. The number of fused-ring (bicyclic) bond motifs is 1. The SMILES string of the molecule is O=C(COc1cc2ccccc2cc1C(=O)O)Nc1ccccc1. The van der Waals surface area contributed by atoms with Gasteiger partial charge in [-0.1, -0.05) is 42.5 Å². The van der Waals surface area contributed by atoms with E-state index in [0.717, 1.165) is 10.8 Å². The maximum Gasteiger partial charge on any atom is 0.339 e. The summed E-state index contributed by atoms with van der Waals surface area (Å²) in [4.78, 5) is 23.4. The third-order valence-electron chi connectivity index (χ3n) is 3.49. The van der Waals surface area contributed by atoms with Gasteiger partial charge in [-0.2, -0.15) is 0 Å². The van der Waals surface area contributed by atoms with E-state index in [1.807, 2.05) is 42.5 Å². The van der Waals surface area contributed by atoms with Crippen molar-refractivity contribution in [2.45, 2.75) is 0 Å². The summed E-state index contributed by atoms with van der Waals surface area (Å²) < 4.78 is 5.45. The molecule has 0 saturated carbocycles. The van der Waals surface area contributed by atoms with Gasteiger partial charge in [0.15, 0.2) is 6.61 Å². The van der Waals surface area contributed by atoms with Crippen LogP contribution < -0.4 is 10.1 Å². The van der Waals surface area contributed by atoms with Crippen LogP contribution in [0.5, 0.6) is 5.75 Å². The molecule has 0 atom stereocenters. The Hall–Kier alpha value is -3.34. The summed E-state index contributed by atoms with van der Waals surface area (Å²) in [5, 5.41) is 13.7. The van der Waals surface area contributed by atoms with Gasteiger partial charge in [0.25, 0.3) is 5.91 Å². The molecule has 0 aromatic heterocycles. The number of para-hydroxylation sites is 1. The van der Waals surface area contributed by atoms with Crippen molar-refractivity contribution < 1.29 is 19.4 Å². The average Bonchev–Trinajstić information content (AvgIpc) is 2.60. The maximum atomic E-state index is 11.9. The van der Waals surface area contributed by atoms with Crippen LogP contribution in [0.25, 0.3) is 10.8 Å². The molecule has 3 aromatic carbocycles. The van der Waals surface area contributed by atoms with Gasteiger partial charge in [-0.05, 0) is 35.0 Å². The molecule has 5 nitrogen and oxygen atoms in total. The smallest absolute Gasteiger partial charge is 0.339 e. The zero-order chi connectivity index (χ0) is 16.9. The summed E-state index contributed by atoms with van der Waals surface area (Å²) in [5.41, 5.74) is 0.685. The predicted molar refractivity (Wildman–Crippen MR) is 91.5 cm³/mol. The van der Waals surface area contributed by atoms with E-state index in [4.69, 9.17) is 4.74 Å². The van der Waals surface area contributed by atoms with Crippen molar-refractivity contribution in [3.63, 3.8) is 0 Å². The lowest BCUT2D eigenvalue weighted by atomic mass is 10.1. The first kappa shape index (κ1) is 15.6. The van der Waals surface area contributed by atoms with Crippen LogP contribution in [0.3, 0.4) is 0 Å². The third-order valence-corrected chi connectivity index (χ3v) is 3.49. The van der Waals surface area contributed by atoms with Crippen molar-refractivity contribution in [1.29, 1.82) is 0 Å². The van der Waals surface area contributed by atoms with E-state index in [1.165, 1.54) is 0 Å². The van der Waals surface area contributed by atoms with Gasteiger partial charge in [-0.3, -0.25) is 4.79 Å². The molecule has 0 spiro atoms. The molecule has 0 heterocycles. The number of carbonyl (C=O) groups is 2. The number of ether oxygens (including phenoxy) is 1. The van der Waals surface area contributed by atoms with E-state index in [-0.39, 0.29) is 23.8 Å². The highest BCUT2D eigenvalue weighted by Crippen LogP contribution is 2.26. The van der Waals surface area contributed by atoms with Crippen molar-refractivity contribution in [3.8, 4) is 5.75 Å². The third kappa shape index (κ3) is 3.52. The van der Waals surface area contributed by atoms with E-state index >= 15 is 0 Å². The summed E-state index contributed by atoms with van der Waals surface area (Å²) in [7, 11) is 0. The second-order valence-electron chi connectivity index (χ2n) is 5.20. The van der Waals surface area contributed by atoms with Gasteiger partial charge < -0.3 is 15.2 Å². The normalized spacial score (nSPS) is 10.3. The first-order valence-electron chi connectivity index (χ1n) is 7.37. The van der Waals surface area contributed by atoms with E-state index in [2.05, 4.69) is 5.32 Å². The van der Waals surface area contributed by atoms with E-state index in [0.29, 0.717) is 5.69 Å². The van der Waals surface area contributed by atoms with Crippen LogP contribution in [0.2, 0.25) is 0 Å². The van der Waals surface area contributed by atoms with Crippen LogP contribution in [0.4, 0.5) is 5.69 Å². The lowest BCUT2D eigenvalue weighted by Gasteiger charge is -2.11. The lowest BCUT2D eigenvalue weighted by Crippen LogP contribution is -2.20. The zero-order valence-electron chi connectivity index (χ0n) is 12.7. The Balaban J connectivity index is 1.77. The van der Waals surface area contributed by atoms with Crippen molar-refractivity contribution >= 4 is 28.3 Å². The number of nitrogens with one attached hydrogen (secondary N) is 1. The molecule has 0 fully saturated rings. The molecule has 0 aliphatic carbocycles. The minimum atomic E-state index is -1.10. The van der Waals surface area contributed by atoms with Gasteiger partial charge in [-0.15, -0.1) is 0 Å². The second-order valence-corrected chi connectivity index (χ2v) is 5.20. The molecule has 3 rings (SSSR count). The number of carboxylic acids is 1. The zero-order valence-corrected chi connectivity index (χ0v) is 12.7. The molecule has 3 aromatic rings. The number of carboxylic acid groups (broad SMARTS) is 1. The number of rotatable bonds is 5. The fourth-order valence-corrected chi connectivity index (χ4v) is 2.37. The number of aromatic carboxylic acids is 1. The van der Waals surface area contributed by atoms with Gasteiger partial charge in [0, 0.05) is 5.69 Å². The minimum Gasteiger partial charge on any atom is -0.483 e. The number of amides is 1. The maximum absolute atomic E-state index is 11.9. The predicted octanol–water partition coefficient (Wildman–Crippen LogP) is 3.56. The highest BCUT2D eigenvalue weighted by atomic mass is 16.5. The first-order valence-corrected chi connectivity index (χ1v) is 7.37. The summed E-state index contributed by atoms with van der Waals surface area (Å²) in [6.07, 6.45) is 0. The Morgan fingerprint density at radius 2 is 1.54 bits per heavy atom. The standard InChI is InChI=1S/C19H15NO4/c21-18(20-15-8-2-1-3-9-15)12-24-17-11-14-7-5-4-6-13(14)10-16(17)19(22)23/h1-11H,12H2,(H,20,21)(H,22,23). The summed E-state index contributed by atoms with van der Waals surface area (Å²) in [5.74, 6) is -1.28. The van der Waals surface area contributed by atoms with Gasteiger partial charge in [0.2, 0.25) is 0 Å². The molecule has 24 heavy (non-hydrogen) atoms. The van der Waals surface area contributed by atoms with Gasteiger partial charge in [0.1, 0.15) is 11.3 Å². The monoisotopic (exact) mass is 321 g/mol. The molecule has 0 unspecified atom stereocenters. The molecule has 5 heteroatoms. The van der Waals surface area contributed by atoms with Crippen LogP contribution >= 0.6 is 0 Å². The average molecular weight is 321 g/mol. The Morgan fingerprint density at radius 3 is 2.21 bits per heavy atom. The largest absolute Gasteiger partial charge is 0.483 e. The summed E-state index contributed by atoms with van der Waals surface area (Å²) in [6.45, 7) is -0.270. The molecule has 0 aliphatic rings. The number of anilines is 1. The van der Waals surface area contributed by atoms with Crippen molar-refractivity contribution in [3.05, 3.63) is 72.3 Å². The fraction of sp³-hybridized carbons (Fsp3) is 0.0526. The molecule has 1 amide bonds. The molecule has 0 radical (unpaired) electrons. The van der Waals surface area contributed by atoms with Gasteiger partial charge in [0.05, 0.1) is 0 Å². The molecule has 0 aliphatic heterocycles. The van der Waals surface area contributed by atoms with E-state index in [1.54, 1.807) is 24.3 Å². The van der Waals surface area contributed by atoms with Crippen LogP contribution in [-0.2, 0) is 4.79 Å². The van der Waals surface area contributed by atoms with E-state index in [9.17, 15) is 14.7 Å². The topological polar surface area (TPSA) is 75.6 Å². The molecule has 2 N–H and O–H groups in total. The van der Waals surface area contributed by atoms with Gasteiger partial charge >= 0.3 is 5.97 Å². The Bertz CT molecular complexity index is 890. The van der Waals surface area contributed by atoms with Crippen molar-refractivity contribution in [2.24, 2.45) is 0 Å². The molecular weight excluding hydrogens is 306 g/mol. The van der Waals surface area contributed by atoms with Crippen LogP contribution in [-0.4, -0.2) is 23.6 Å². The number of hydrogen-bond acceptors (Lipinski definition) is 3. The number of benzene rings is 3. The molecule has 0 saturated heterocycles. The highest BCUT2D eigenvalue weighted by molar-refractivity contribution is 5.98. The molecule has 120 valence electrons. The van der Waals surface area contributed by atoms with Crippen molar-refractivity contribution in [1.82, 2.24) is 0 Å². The molecular formula is C19H15NO4. The van der Waals surface area contributed by atoms with Crippen LogP contribution in [0.1, 0.15) is 10.4 Å². The number of carbonyl (C=O) groups excluding carboxylic acids is 1. The number of hydrogen-bond donors (Lipinski definition) is 2. The summed E-state index contributed by atoms with van der Waals surface area (Å²) >= 11 is 0. The quantitative estimate of drug-likeness (QED) is 0.753. The Labute approximate surface area is 138 Å². The minimum absolute atomic E-state index is 0.0289. The first-order chi connectivity index (χ1) is 11.6. The second kappa shape index (κ2) is 6.83. The van der Waals surface area contributed by atoms with Gasteiger partial charge in [-0.25, -0.2) is 4.79 Å². The molecule has 0 bridgehead atoms. The van der Waals surface area contributed by atoms with E-state index < -0.39 is 5.97 Å². The fourth-order valence-electron chi connectivity index (χ4n) is 2.37. The van der Waals surface area contributed by atoms with Crippen molar-refractivity contribution in [2.75, 3.05) is 11.9 Å². The highest BCUT2D eigenvalue weighted by Gasteiger charge is 2.14. The Kier molecular flexibility index (Phi) is 4.43. The van der Waals surface area contributed by atoms with Crippen LogP contribution in [0.15, 0.2) is 66.7 Å². The van der Waals surface area contributed by atoms with Crippen LogP contribution in [0, 0.1) is 0 Å².